The topological polar surface area (TPSA) is 72.2 Å². The number of hydrogen-bond acceptors (Lipinski definition) is 5. The molecule has 174 valence electrons. The fraction of sp³-hybridized carbons (Fsp3) is 0.345. The van der Waals surface area contributed by atoms with Crippen molar-refractivity contribution in [2.75, 3.05) is 0 Å². The summed E-state index contributed by atoms with van der Waals surface area (Å²) in [5.74, 6) is 0.870. The molecule has 0 radical (unpaired) electrons. The summed E-state index contributed by atoms with van der Waals surface area (Å²) in [5.41, 5.74) is 2.54. The molecule has 0 aliphatic heterocycles. The monoisotopic (exact) mass is 454 g/mol. The molecule has 0 spiro atoms. The molecule has 1 aromatic heterocycles. The van der Waals surface area contributed by atoms with Crippen LogP contribution in [0.1, 0.15) is 68.9 Å². The lowest BCUT2D eigenvalue weighted by Crippen LogP contribution is -2.15. The molecule has 1 aliphatic rings. The average Bonchev–Trinajstić information content (AvgIpc) is 3.44. The molecule has 1 fully saturated rings. The van der Waals surface area contributed by atoms with Crippen LogP contribution in [0.15, 0.2) is 72.8 Å². The molecule has 0 saturated heterocycles. The van der Waals surface area contributed by atoms with Gasteiger partial charge in [0.15, 0.2) is 0 Å². The molecule has 0 bridgehead atoms. The maximum atomic E-state index is 13.1. The Kier molecular flexibility index (Phi) is 6.70. The van der Waals surface area contributed by atoms with E-state index in [1.165, 1.54) is 5.56 Å². The Morgan fingerprint density at radius 2 is 1.76 bits per heavy atom. The van der Waals surface area contributed by atoms with E-state index in [-0.39, 0.29) is 23.2 Å². The molecule has 5 nitrogen and oxygen atoms in total. The summed E-state index contributed by atoms with van der Waals surface area (Å²) in [6, 6.07) is 25.0. The first-order valence-corrected chi connectivity index (χ1v) is 11.7. The minimum atomic E-state index is -1.10. The maximum absolute atomic E-state index is 13.1. The van der Waals surface area contributed by atoms with Gasteiger partial charge in [0.25, 0.3) is 0 Å². The van der Waals surface area contributed by atoms with Gasteiger partial charge in [-0.2, -0.15) is 5.26 Å². The first kappa shape index (κ1) is 23.5. The van der Waals surface area contributed by atoms with E-state index in [0.29, 0.717) is 23.2 Å². The van der Waals surface area contributed by atoms with Gasteiger partial charge in [0.1, 0.15) is 11.8 Å². The van der Waals surface area contributed by atoms with Crippen LogP contribution in [0.3, 0.4) is 0 Å². The highest BCUT2D eigenvalue weighted by Crippen LogP contribution is 2.65. The van der Waals surface area contributed by atoms with E-state index in [0.717, 1.165) is 12.0 Å². The molecule has 1 heterocycles. The van der Waals surface area contributed by atoms with Gasteiger partial charge in [-0.3, -0.25) is 4.79 Å². The van der Waals surface area contributed by atoms with Crippen molar-refractivity contribution < 1.29 is 14.3 Å². The van der Waals surface area contributed by atoms with Gasteiger partial charge < -0.3 is 9.47 Å². The molecular formula is C29H30N2O3. The summed E-state index contributed by atoms with van der Waals surface area (Å²) in [4.78, 5) is 17.5. The van der Waals surface area contributed by atoms with E-state index in [4.69, 9.17) is 9.47 Å². The van der Waals surface area contributed by atoms with E-state index >= 15 is 0 Å². The summed E-state index contributed by atoms with van der Waals surface area (Å²) in [5, 5.41) is 9.72. The van der Waals surface area contributed by atoms with Crippen molar-refractivity contribution in [2.24, 2.45) is 11.3 Å². The number of pyridine rings is 1. The maximum Gasteiger partial charge on any atom is 0.311 e. The Morgan fingerprint density at radius 1 is 1.06 bits per heavy atom. The number of esters is 1. The molecule has 34 heavy (non-hydrogen) atoms. The average molecular weight is 455 g/mol. The van der Waals surface area contributed by atoms with Crippen LogP contribution in [0.4, 0.5) is 0 Å². The molecule has 2 aromatic carbocycles. The smallest absolute Gasteiger partial charge is 0.311 e. The van der Waals surface area contributed by atoms with Crippen LogP contribution in [0.5, 0.6) is 11.6 Å². The number of aromatic nitrogens is 1. The van der Waals surface area contributed by atoms with Crippen LogP contribution in [0, 0.1) is 22.7 Å². The molecular weight excluding hydrogens is 424 g/mol. The molecule has 3 aromatic rings. The third-order valence-corrected chi connectivity index (χ3v) is 6.89. The molecule has 0 N–H and O–H groups in total. The summed E-state index contributed by atoms with van der Waals surface area (Å²) in [7, 11) is 0. The Balaban J connectivity index is 1.46. The zero-order chi connectivity index (χ0) is 24.3. The van der Waals surface area contributed by atoms with Crippen LogP contribution in [0.25, 0.3) is 0 Å². The summed E-state index contributed by atoms with van der Waals surface area (Å²) < 4.78 is 11.4. The van der Waals surface area contributed by atoms with E-state index in [1.807, 2.05) is 30.3 Å². The van der Waals surface area contributed by atoms with Gasteiger partial charge in [0, 0.05) is 12.0 Å². The summed E-state index contributed by atoms with van der Waals surface area (Å²) in [6.45, 7) is 8.53. The van der Waals surface area contributed by atoms with Gasteiger partial charge in [-0.1, -0.05) is 76.2 Å². The fourth-order valence-corrected chi connectivity index (χ4v) is 4.55. The molecule has 0 amide bonds. The van der Waals surface area contributed by atoms with Crippen molar-refractivity contribution in [3.63, 3.8) is 0 Å². The van der Waals surface area contributed by atoms with Crippen LogP contribution >= 0.6 is 0 Å². The molecule has 5 heteroatoms. The number of benzene rings is 2. The van der Waals surface area contributed by atoms with Gasteiger partial charge >= 0.3 is 5.97 Å². The SMILES string of the molecule is CCC(C)c1ccc([C@H]2[C@H](C(=O)OC(C#N)c3cccc(Oc4ccccc4)n3)C2(C)C)cc1. The minimum Gasteiger partial charge on any atom is -0.440 e. The van der Waals surface area contributed by atoms with Crippen molar-refractivity contribution in [1.82, 2.24) is 4.98 Å². The van der Waals surface area contributed by atoms with Crippen LogP contribution in [-0.2, 0) is 9.53 Å². The van der Waals surface area contributed by atoms with Crippen LogP contribution in [0.2, 0.25) is 0 Å². The minimum absolute atomic E-state index is 0.0611. The number of rotatable bonds is 8. The largest absolute Gasteiger partial charge is 0.440 e. The Labute approximate surface area is 201 Å². The molecule has 4 atom stereocenters. The number of nitriles is 1. The first-order valence-electron chi connectivity index (χ1n) is 11.7. The number of carbonyl (C=O) groups is 1. The zero-order valence-electron chi connectivity index (χ0n) is 20.1. The van der Waals surface area contributed by atoms with Gasteiger partial charge in [0.2, 0.25) is 12.0 Å². The lowest BCUT2D eigenvalue weighted by atomic mass is 9.95. The van der Waals surface area contributed by atoms with Crippen molar-refractivity contribution in [3.05, 3.63) is 89.6 Å². The molecule has 4 rings (SSSR count). The third kappa shape index (κ3) is 4.82. The highest BCUT2D eigenvalue weighted by Gasteiger charge is 2.63. The molecule has 1 aliphatic carbocycles. The Bertz CT molecular complexity index is 1180. The molecule has 2 unspecified atom stereocenters. The number of carbonyl (C=O) groups excluding carboxylic acids is 1. The van der Waals surface area contributed by atoms with Crippen molar-refractivity contribution in [1.29, 1.82) is 5.26 Å². The second-order valence-corrected chi connectivity index (χ2v) is 9.51. The predicted molar refractivity (Wildman–Crippen MR) is 130 cm³/mol. The van der Waals surface area contributed by atoms with E-state index < -0.39 is 6.10 Å². The summed E-state index contributed by atoms with van der Waals surface area (Å²) >= 11 is 0. The third-order valence-electron chi connectivity index (χ3n) is 6.89. The predicted octanol–water partition coefficient (Wildman–Crippen LogP) is 6.94. The normalized spacial score (nSPS) is 20.0. The highest BCUT2D eigenvalue weighted by molar-refractivity contribution is 5.80. The molecule has 1 saturated carbocycles. The lowest BCUT2D eigenvalue weighted by molar-refractivity contribution is -0.149. The first-order chi connectivity index (χ1) is 16.3. The van der Waals surface area contributed by atoms with Crippen LogP contribution < -0.4 is 4.74 Å². The zero-order valence-corrected chi connectivity index (χ0v) is 20.1. The Morgan fingerprint density at radius 3 is 2.41 bits per heavy atom. The van der Waals surface area contributed by atoms with E-state index in [9.17, 15) is 10.1 Å². The second-order valence-electron chi connectivity index (χ2n) is 9.51. The Hall–Kier alpha value is -3.65. The van der Waals surface area contributed by atoms with Crippen molar-refractivity contribution in [3.8, 4) is 17.7 Å². The number of para-hydroxylation sites is 1. The standard InChI is InChI=1S/C29H30N2O3/c1-5-19(2)20-14-16-21(17-15-20)26-27(29(26,3)4)28(32)34-24(18-30)23-12-9-13-25(31-23)33-22-10-7-6-8-11-22/h6-17,19,24,26-27H,5H2,1-4H3/t19?,24?,26-,27+/m0/s1. The van der Waals surface area contributed by atoms with Gasteiger partial charge in [-0.05, 0) is 47.1 Å². The van der Waals surface area contributed by atoms with Gasteiger partial charge in [0.05, 0.1) is 11.6 Å². The van der Waals surface area contributed by atoms with Crippen LogP contribution in [-0.4, -0.2) is 11.0 Å². The van der Waals surface area contributed by atoms with Crippen molar-refractivity contribution in [2.45, 2.75) is 52.1 Å². The fourth-order valence-electron chi connectivity index (χ4n) is 4.55. The van der Waals surface area contributed by atoms with Crippen molar-refractivity contribution >= 4 is 5.97 Å². The second kappa shape index (κ2) is 9.69. The number of nitrogens with zero attached hydrogens (tertiary/aromatic N) is 2. The highest BCUT2D eigenvalue weighted by atomic mass is 16.5. The van der Waals surface area contributed by atoms with E-state index in [1.54, 1.807) is 18.2 Å². The van der Waals surface area contributed by atoms with Gasteiger partial charge in [-0.15, -0.1) is 0 Å². The number of hydrogen-bond donors (Lipinski definition) is 0. The summed E-state index contributed by atoms with van der Waals surface area (Å²) in [6.07, 6.45) is -0.0126. The quantitative estimate of drug-likeness (QED) is 0.345. The number of ether oxygens (including phenoxy) is 2. The van der Waals surface area contributed by atoms with Gasteiger partial charge in [-0.25, -0.2) is 4.98 Å². The van der Waals surface area contributed by atoms with E-state index in [2.05, 4.69) is 63.0 Å². The lowest BCUT2D eigenvalue weighted by Gasteiger charge is -2.13.